The molecule has 0 aliphatic carbocycles. The number of benzene rings is 1. The Morgan fingerprint density at radius 1 is 1.31 bits per heavy atom. The highest BCUT2D eigenvalue weighted by Gasteiger charge is 2.10. The van der Waals surface area contributed by atoms with Crippen molar-refractivity contribution >= 4 is 17.2 Å². The van der Waals surface area contributed by atoms with Gasteiger partial charge in [-0.25, -0.2) is 14.4 Å². The first-order valence-electron chi connectivity index (χ1n) is 7.80. The third kappa shape index (κ3) is 3.92. The molecule has 0 bridgehead atoms. The van der Waals surface area contributed by atoms with Gasteiger partial charge in [-0.05, 0) is 19.1 Å². The minimum absolute atomic E-state index is 0.121. The quantitative estimate of drug-likeness (QED) is 0.682. The molecule has 0 fully saturated rings. The molecule has 4 N–H and O–H groups in total. The zero-order chi connectivity index (χ0) is 18.5. The average molecular weight is 352 g/mol. The van der Waals surface area contributed by atoms with E-state index in [1.807, 2.05) is 0 Å². The number of anilines is 1. The minimum atomic E-state index is -0.331. The molecule has 2 heterocycles. The van der Waals surface area contributed by atoms with Crippen LogP contribution < -0.4 is 11.5 Å². The van der Waals surface area contributed by atoms with Gasteiger partial charge in [0.15, 0.2) is 5.82 Å². The lowest BCUT2D eigenvalue weighted by molar-refractivity contribution is 0.418. The van der Waals surface area contributed by atoms with Gasteiger partial charge >= 0.3 is 0 Å². The topological polar surface area (TPSA) is 116 Å². The van der Waals surface area contributed by atoms with Crippen LogP contribution in [0.4, 0.5) is 10.2 Å². The molecule has 132 valence electrons. The third-order valence-corrected chi connectivity index (χ3v) is 3.64. The molecule has 0 radical (unpaired) electrons. The number of aryl methyl sites for hydroxylation is 1. The molecule has 0 aliphatic heterocycles. The number of allylic oxidation sites excluding steroid dienone is 1. The SMILES string of the molecule is Cc1cnc(/C(N)=C/C(=NCc2ccccc2F)c2ccon2)nc1N. The molecule has 0 amide bonds. The van der Waals surface area contributed by atoms with Gasteiger partial charge in [0, 0.05) is 23.4 Å². The van der Waals surface area contributed by atoms with E-state index in [1.165, 1.54) is 12.3 Å². The molecule has 0 aliphatic rings. The monoisotopic (exact) mass is 352 g/mol. The van der Waals surface area contributed by atoms with E-state index in [0.29, 0.717) is 22.8 Å². The zero-order valence-electron chi connectivity index (χ0n) is 14.1. The molecule has 0 atom stereocenters. The Labute approximate surface area is 149 Å². The number of halogens is 1. The molecule has 0 saturated heterocycles. The lowest BCUT2D eigenvalue weighted by Crippen LogP contribution is -2.09. The molecule has 26 heavy (non-hydrogen) atoms. The van der Waals surface area contributed by atoms with Crippen LogP contribution in [0.2, 0.25) is 0 Å². The summed E-state index contributed by atoms with van der Waals surface area (Å²) in [5.74, 6) is 0.287. The fourth-order valence-electron chi connectivity index (χ4n) is 2.15. The van der Waals surface area contributed by atoms with E-state index in [2.05, 4.69) is 20.1 Å². The number of hydrogen-bond acceptors (Lipinski definition) is 7. The largest absolute Gasteiger partial charge is 0.396 e. The van der Waals surface area contributed by atoms with Gasteiger partial charge in [0.25, 0.3) is 0 Å². The van der Waals surface area contributed by atoms with Crippen molar-refractivity contribution in [3.05, 3.63) is 77.3 Å². The lowest BCUT2D eigenvalue weighted by atomic mass is 10.2. The maximum Gasteiger partial charge on any atom is 0.177 e. The molecule has 2 aromatic heterocycles. The molecule has 8 heteroatoms. The summed E-state index contributed by atoms with van der Waals surface area (Å²) in [6, 6.07) is 8.05. The molecule has 1 aromatic carbocycles. The van der Waals surface area contributed by atoms with Crippen molar-refractivity contribution in [3.63, 3.8) is 0 Å². The van der Waals surface area contributed by atoms with Crippen LogP contribution in [-0.4, -0.2) is 20.8 Å². The summed E-state index contributed by atoms with van der Waals surface area (Å²) in [7, 11) is 0. The Hall–Kier alpha value is -3.55. The number of nitrogens with zero attached hydrogens (tertiary/aromatic N) is 4. The molecule has 0 saturated carbocycles. The van der Waals surface area contributed by atoms with E-state index >= 15 is 0 Å². The van der Waals surface area contributed by atoms with Crippen LogP contribution in [0.1, 0.15) is 22.6 Å². The Bertz CT molecular complexity index is 966. The van der Waals surface area contributed by atoms with E-state index in [4.69, 9.17) is 16.0 Å². The lowest BCUT2D eigenvalue weighted by Gasteiger charge is -2.05. The fourth-order valence-corrected chi connectivity index (χ4v) is 2.15. The normalized spacial score (nSPS) is 12.4. The predicted octanol–water partition coefficient (Wildman–Crippen LogP) is 2.48. The Kier molecular flexibility index (Phi) is 5.02. The van der Waals surface area contributed by atoms with Crippen LogP contribution in [0.3, 0.4) is 0 Å². The van der Waals surface area contributed by atoms with Crippen molar-refractivity contribution in [1.82, 2.24) is 15.1 Å². The number of nitrogen functional groups attached to an aromatic ring is 1. The maximum atomic E-state index is 13.8. The molecule has 7 nitrogen and oxygen atoms in total. The number of nitrogens with two attached hydrogens (primary N) is 2. The summed E-state index contributed by atoms with van der Waals surface area (Å²) in [5, 5.41) is 3.86. The molecule has 3 rings (SSSR count). The molecule has 0 unspecified atom stereocenters. The Balaban J connectivity index is 1.95. The average Bonchev–Trinajstić information content (AvgIpc) is 3.16. The van der Waals surface area contributed by atoms with E-state index in [1.54, 1.807) is 43.5 Å². The summed E-state index contributed by atoms with van der Waals surface area (Å²) in [6.07, 6.45) is 4.56. The molecule has 0 spiro atoms. The van der Waals surface area contributed by atoms with Crippen LogP contribution >= 0.6 is 0 Å². The zero-order valence-corrected chi connectivity index (χ0v) is 14.1. The van der Waals surface area contributed by atoms with Crippen molar-refractivity contribution in [3.8, 4) is 0 Å². The van der Waals surface area contributed by atoms with E-state index < -0.39 is 0 Å². The van der Waals surface area contributed by atoms with Crippen LogP contribution in [0.15, 0.2) is 58.4 Å². The highest BCUT2D eigenvalue weighted by molar-refractivity contribution is 6.10. The number of hydrogen-bond donors (Lipinski definition) is 2. The van der Waals surface area contributed by atoms with E-state index in [0.717, 1.165) is 5.56 Å². The molecule has 3 aromatic rings. The van der Waals surface area contributed by atoms with Gasteiger partial charge in [0.05, 0.1) is 18.0 Å². The standard InChI is InChI=1S/C18H17FN6O/c1-11-9-23-18(24-17(11)21)14(20)8-16(15-6-7-26-25-15)22-10-12-4-2-3-5-13(12)19/h2-9H,10,20H2,1H3,(H2,21,23,24)/b14-8-,22-16?. The number of aliphatic imine (C=N–C) groups is 1. The van der Waals surface area contributed by atoms with Crippen molar-refractivity contribution in [1.29, 1.82) is 0 Å². The first kappa shape index (κ1) is 17.3. The number of aromatic nitrogens is 3. The van der Waals surface area contributed by atoms with Crippen LogP contribution in [0.5, 0.6) is 0 Å². The highest BCUT2D eigenvalue weighted by atomic mass is 19.1. The van der Waals surface area contributed by atoms with Crippen LogP contribution in [0.25, 0.3) is 5.70 Å². The molecular formula is C18H17FN6O. The highest BCUT2D eigenvalue weighted by Crippen LogP contribution is 2.13. The summed E-state index contributed by atoms with van der Waals surface area (Å²) >= 11 is 0. The van der Waals surface area contributed by atoms with Gasteiger partial charge in [0.2, 0.25) is 0 Å². The smallest absolute Gasteiger partial charge is 0.177 e. The van der Waals surface area contributed by atoms with Gasteiger partial charge in [-0.1, -0.05) is 23.4 Å². The molecular weight excluding hydrogens is 335 g/mol. The first-order chi connectivity index (χ1) is 12.5. The number of rotatable bonds is 5. The van der Waals surface area contributed by atoms with Crippen LogP contribution in [0, 0.1) is 12.7 Å². The fraction of sp³-hybridized carbons (Fsp3) is 0.111. The Morgan fingerprint density at radius 2 is 2.12 bits per heavy atom. The first-order valence-corrected chi connectivity index (χ1v) is 7.80. The summed E-state index contributed by atoms with van der Waals surface area (Å²) in [5.41, 5.74) is 14.2. The second kappa shape index (κ2) is 7.56. The van der Waals surface area contributed by atoms with Crippen molar-refractivity contribution < 1.29 is 8.91 Å². The summed E-state index contributed by atoms with van der Waals surface area (Å²) in [6.45, 7) is 1.92. The second-order valence-electron chi connectivity index (χ2n) is 5.54. The minimum Gasteiger partial charge on any atom is -0.396 e. The van der Waals surface area contributed by atoms with Crippen molar-refractivity contribution in [2.24, 2.45) is 10.7 Å². The van der Waals surface area contributed by atoms with Gasteiger partial charge in [-0.15, -0.1) is 0 Å². The van der Waals surface area contributed by atoms with Gasteiger partial charge < -0.3 is 16.0 Å². The summed E-state index contributed by atoms with van der Waals surface area (Å²) in [4.78, 5) is 12.7. The van der Waals surface area contributed by atoms with Crippen molar-refractivity contribution in [2.45, 2.75) is 13.5 Å². The Morgan fingerprint density at radius 3 is 2.81 bits per heavy atom. The maximum absolute atomic E-state index is 13.8. The second-order valence-corrected chi connectivity index (χ2v) is 5.54. The van der Waals surface area contributed by atoms with Gasteiger partial charge in [-0.2, -0.15) is 0 Å². The van der Waals surface area contributed by atoms with Gasteiger partial charge in [0.1, 0.15) is 23.6 Å². The van der Waals surface area contributed by atoms with Crippen LogP contribution in [-0.2, 0) is 6.54 Å². The van der Waals surface area contributed by atoms with E-state index in [9.17, 15) is 4.39 Å². The van der Waals surface area contributed by atoms with Crippen molar-refractivity contribution in [2.75, 3.05) is 5.73 Å². The predicted molar refractivity (Wildman–Crippen MR) is 96.5 cm³/mol. The third-order valence-electron chi connectivity index (χ3n) is 3.64. The van der Waals surface area contributed by atoms with Gasteiger partial charge in [-0.3, -0.25) is 4.99 Å². The summed E-state index contributed by atoms with van der Waals surface area (Å²) < 4.78 is 18.7. The van der Waals surface area contributed by atoms with E-state index in [-0.39, 0.29) is 23.9 Å².